The molecule has 1 aliphatic rings. The molecule has 2 atom stereocenters. The van der Waals surface area contributed by atoms with E-state index >= 15 is 0 Å². The first-order chi connectivity index (χ1) is 5.02. The topological polar surface area (TPSA) is 32.3 Å². The van der Waals surface area contributed by atoms with E-state index in [1.54, 1.807) is 0 Å². The Balaban J connectivity index is 2.55. The first kappa shape index (κ1) is 8.80. The molecule has 1 saturated heterocycles. The van der Waals surface area contributed by atoms with Crippen LogP contribution >= 0.6 is 0 Å². The number of rotatable bonds is 0. The predicted octanol–water partition coefficient (Wildman–Crippen LogP) is 0.519. The lowest BCUT2D eigenvalue weighted by atomic mass is 9.96. The van der Waals surface area contributed by atoms with Gasteiger partial charge in [-0.05, 0) is 13.0 Å². The van der Waals surface area contributed by atoms with E-state index in [0.717, 1.165) is 0 Å². The van der Waals surface area contributed by atoms with E-state index in [2.05, 4.69) is 5.32 Å². The Kier molecular flexibility index (Phi) is 2.39. The summed E-state index contributed by atoms with van der Waals surface area (Å²) in [7, 11) is 0. The van der Waals surface area contributed by atoms with Crippen LogP contribution in [-0.4, -0.2) is 30.5 Å². The number of nitrogens with one attached hydrogen (secondary N) is 1. The maximum Gasteiger partial charge on any atom is 0.395 e. The molecule has 0 spiro atoms. The fraction of sp³-hybridized carbons (Fsp3) is 1.00. The van der Waals surface area contributed by atoms with Crippen LogP contribution in [0.15, 0.2) is 0 Å². The lowest BCUT2D eigenvalue weighted by Gasteiger charge is -2.29. The highest BCUT2D eigenvalue weighted by atomic mass is 19.4. The van der Waals surface area contributed by atoms with Gasteiger partial charge in [0.25, 0.3) is 0 Å². The van der Waals surface area contributed by atoms with Crippen LogP contribution in [0.25, 0.3) is 0 Å². The Labute approximate surface area is 62.4 Å². The van der Waals surface area contributed by atoms with Crippen LogP contribution in [0, 0.1) is 5.92 Å². The van der Waals surface area contributed by atoms with Crippen molar-refractivity contribution in [1.29, 1.82) is 0 Å². The molecule has 0 radical (unpaired) electrons. The summed E-state index contributed by atoms with van der Waals surface area (Å²) in [6.07, 6.45) is -5.31. The molecule has 1 fully saturated rings. The smallest absolute Gasteiger partial charge is 0.392 e. The molecule has 0 aromatic carbocycles. The molecule has 1 rings (SSSR count). The maximum atomic E-state index is 12.0. The average Bonchev–Trinajstić information content (AvgIpc) is 1.86. The van der Waals surface area contributed by atoms with Crippen LogP contribution in [0.1, 0.15) is 6.42 Å². The molecule has 0 amide bonds. The number of aliphatic hydroxyl groups excluding tert-OH is 1. The zero-order chi connectivity index (χ0) is 8.48. The van der Waals surface area contributed by atoms with Crippen LogP contribution in [0.4, 0.5) is 13.2 Å². The molecule has 1 heterocycles. The van der Waals surface area contributed by atoms with Gasteiger partial charge in [-0.2, -0.15) is 13.2 Å². The standard InChI is InChI=1S/C6H10F3NO/c7-6(8,9)4-3-10-2-1-5(4)11/h4-5,10-11H,1-3H2/t4-,5-/m1/s1. The highest BCUT2D eigenvalue weighted by Crippen LogP contribution is 2.30. The minimum atomic E-state index is -4.27. The van der Waals surface area contributed by atoms with E-state index < -0.39 is 18.2 Å². The minimum Gasteiger partial charge on any atom is -0.392 e. The Morgan fingerprint density at radius 3 is 2.36 bits per heavy atom. The van der Waals surface area contributed by atoms with Crippen molar-refractivity contribution >= 4 is 0 Å². The van der Waals surface area contributed by atoms with Gasteiger partial charge >= 0.3 is 6.18 Å². The van der Waals surface area contributed by atoms with E-state index in [9.17, 15) is 13.2 Å². The second-order valence-electron chi connectivity index (χ2n) is 2.71. The average molecular weight is 169 g/mol. The zero-order valence-electron chi connectivity index (χ0n) is 5.86. The van der Waals surface area contributed by atoms with E-state index in [1.165, 1.54) is 0 Å². The number of piperidine rings is 1. The van der Waals surface area contributed by atoms with Crippen molar-refractivity contribution in [3.63, 3.8) is 0 Å². The Hall–Kier alpha value is -0.290. The van der Waals surface area contributed by atoms with Crippen LogP contribution < -0.4 is 5.32 Å². The molecule has 2 N–H and O–H groups in total. The Morgan fingerprint density at radius 1 is 1.36 bits per heavy atom. The summed E-state index contributed by atoms with van der Waals surface area (Å²) < 4.78 is 36.0. The van der Waals surface area contributed by atoms with E-state index in [0.29, 0.717) is 6.54 Å². The lowest BCUT2D eigenvalue weighted by Crippen LogP contribution is -2.47. The number of hydrogen-bond donors (Lipinski definition) is 2. The fourth-order valence-corrected chi connectivity index (χ4v) is 1.18. The summed E-state index contributed by atoms with van der Waals surface area (Å²) in [5.74, 6) is -1.59. The summed E-state index contributed by atoms with van der Waals surface area (Å²) >= 11 is 0. The van der Waals surface area contributed by atoms with Crippen molar-refractivity contribution < 1.29 is 18.3 Å². The lowest BCUT2D eigenvalue weighted by molar-refractivity contribution is -0.203. The third-order valence-corrected chi connectivity index (χ3v) is 1.87. The van der Waals surface area contributed by atoms with Crippen LogP contribution in [-0.2, 0) is 0 Å². The molecule has 0 aliphatic carbocycles. The molecule has 5 heteroatoms. The van der Waals surface area contributed by atoms with Crippen LogP contribution in [0.5, 0.6) is 0 Å². The molecule has 66 valence electrons. The number of halogens is 3. The van der Waals surface area contributed by atoms with Gasteiger partial charge in [-0.3, -0.25) is 0 Å². The molecule has 2 nitrogen and oxygen atoms in total. The SMILES string of the molecule is O[C@@H]1CCNC[C@H]1C(F)(F)F. The highest BCUT2D eigenvalue weighted by Gasteiger charge is 2.44. The summed E-state index contributed by atoms with van der Waals surface area (Å²) in [5.41, 5.74) is 0. The highest BCUT2D eigenvalue weighted by molar-refractivity contribution is 4.82. The Bertz CT molecular complexity index is 136. The second kappa shape index (κ2) is 2.98. The molecule has 0 unspecified atom stereocenters. The monoisotopic (exact) mass is 169 g/mol. The molecule has 11 heavy (non-hydrogen) atoms. The van der Waals surface area contributed by atoms with Gasteiger partial charge in [0.1, 0.15) is 0 Å². The van der Waals surface area contributed by atoms with Crippen molar-refractivity contribution in [1.82, 2.24) is 5.32 Å². The summed E-state index contributed by atoms with van der Waals surface area (Å²) in [6.45, 7) is 0.304. The normalized spacial score (nSPS) is 33.8. The van der Waals surface area contributed by atoms with Crippen LogP contribution in [0.2, 0.25) is 0 Å². The Morgan fingerprint density at radius 2 is 2.00 bits per heavy atom. The summed E-state index contributed by atoms with van der Waals surface area (Å²) in [5, 5.41) is 11.5. The summed E-state index contributed by atoms with van der Waals surface area (Å²) in [6, 6.07) is 0. The number of hydrogen-bond acceptors (Lipinski definition) is 2. The van der Waals surface area contributed by atoms with E-state index in [1.807, 2.05) is 0 Å². The molecule has 1 aliphatic heterocycles. The van der Waals surface area contributed by atoms with Gasteiger partial charge in [-0.25, -0.2) is 0 Å². The van der Waals surface area contributed by atoms with Gasteiger partial charge in [0.2, 0.25) is 0 Å². The van der Waals surface area contributed by atoms with Crippen molar-refractivity contribution in [2.45, 2.75) is 18.7 Å². The van der Waals surface area contributed by atoms with Crippen molar-refractivity contribution in [2.24, 2.45) is 5.92 Å². The second-order valence-corrected chi connectivity index (χ2v) is 2.71. The predicted molar refractivity (Wildman–Crippen MR) is 33.0 cm³/mol. The van der Waals surface area contributed by atoms with E-state index in [4.69, 9.17) is 5.11 Å². The van der Waals surface area contributed by atoms with Crippen molar-refractivity contribution in [2.75, 3.05) is 13.1 Å². The van der Waals surface area contributed by atoms with E-state index in [-0.39, 0.29) is 13.0 Å². The third kappa shape index (κ3) is 2.07. The maximum absolute atomic E-state index is 12.0. The third-order valence-electron chi connectivity index (χ3n) is 1.87. The quantitative estimate of drug-likeness (QED) is 0.554. The van der Waals surface area contributed by atoms with Gasteiger partial charge in [-0.15, -0.1) is 0 Å². The largest absolute Gasteiger partial charge is 0.395 e. The van der Waals surface area contributed by atoms with Gasteiger partial charge in [0.15, 0.2) is 0 Å². The molecular weight excluding hydrogens is 159 g/mol. The van der Waals surface area contributed by atoms with Crippen molar-refractivity contribution in [3.8, 4) is 0 Å². The molecular formula is C6H10F3NO. The van der Waals surface area contributed by atoms with Gasteiger partial charge in [0, 0.05) is 6.54 Å². The molecule has 0 aromatic rings. The number of aliphatic hydroxyl groups is 1. The number of alkyl halides is 3. The first-order valence-electron chi connectivity index (χ1n) is 3.47. The fourth-order valence-electron chi connectivity index (χ4n) is 1.18. The molecule has 0 saturated carbocycles. The van der Waals surface area contributed by atoms with Gasteiger partial charge in [-0.1, -0.05) is 0 Å². The summed E-state index contributed by atoms with van der Waals surface area (Å²) in [4.78, 5) is 0. The molecule has 0 aromatic heterocycles. The van der Waals surface area contributed by atoms with Crippen LogP contribution in [0.3, 0.4) is 0 Å². The van der Waals surface area contributed by atoms with Gasteiger partial charge < -0.3 is 10.4 Å². The van der Waals surface area contributed by atoms with Crippen molar-refractivity contribution in [3.05, 3.63) is 0 Å². The minimum absolute atomic E-state index is 0.162. The van der Waals surface area contributed by atoms with Gasteiger partial charge in [0.05, 0.1) is 12.0 Å². The zero-order valence-corrected chi connectivity index (χ0v) is 5.86. The first-order valence-corrected chi connectivity index (χ1v) is 3.47. The molecule has 0 bridgehead atoms.